The number of fused-ring (bicyclic) bond motifs is 3. The van der Waals surface area contributed by atoms with Gasteiger partial charge in [0.1, 0.15) is 5.75 Å². The van der Waals surface area contributed by atoms with Crippen molar-refractivity contribution in [1.29, 1.82) is 0 Å². The van der Waals surface area contributed by atoms with Crippen LogP contribution in [0.5, 0.6) is 5.75 Å². The fourth-order valence-electron chi connectivity index (χ4n) is 2.39. The summed E-state index contributed by atoms with van der Waals surface area (Å²) in [6.45, 7) is 0.835. The van der Waals surface area contributed by atoms with Crippen molar-refractivity contribution >= 4 is 11.6 Å². The van der Waals surface area contributed by atoms with Crippen LogP contribution in [0.2, 0.25) is 5.02 Å². The van der Waals surface area contributed by atoms with Crippen LogP contribution in [0, 0.1) is 0 Å². The maximum absolute atomic E-state index is 6.20. The largest absolute Gasteiger partial charge is 0.493 e. The van der Waals surface area contributed by atoms with Crippen molar-refractivity contribution in [1.82, 2.24) is 0 Å². The highest BCUT2D eigenvalue weighted by Gasteiger charge is 2.24. The van der Waals surface area contributed by atoms with E-state index in [0.717, 1.165) is 36.6 Å². The van der Waals surface area contributed by atoms with Crippen molar-refractivity contribution in [3.8, 4) is 5.75 Å². The van der Waals surface area contributed by atoms with Crippen molar-refractivity contribution < 1.29 is 4.74 Å². The summed E-state index contributed by atoms with van der Waals surface area (Å²) in [4.78, 5) is 0. The molecule has 0 saturated heterocycles. The molecule has 2 heteroatoms. The quantitative estimate of drug-likeness (QED) is 0.617. The van der Waals surface area contributed by atoms with E-state index in [1.54, 1.807) is 0 Å². The van der Waals surface area contributed by atoms with Crippen LogP contribution >= 0.6 is 11.6 Å². The third-order valence-electron chi connectivity index (χ3n) is 2.99. The molecule has 0 bridgehead atoms. The molecular weight excluding hydrogens is 184 g/mol. The van der Waals surface area contributed by atoms with E-state index in [0.29, 0.717) is 0 Å². The summed E-state index contributed by atoms with van der Waals surface area (Å²) in [5.41, 5.74) is 4.04. The lowest BCUT2D eigenvalue weighted by molar-refractivity contribution is 0.354. The first kappa shape index (κ1) is 7.69. The lowest BCUT2D eigenvalue weighted by Crippen LogP contribution is -1.91. The molecule has 1 aliphatic carbocycles. The molecule has 0 N–H and O–H groups in total. The molecule has 3 rings (SSSR count). The van der Waals surface area contributed by atoms with Crippen LogP contribution in [-0.4, -0.2) is 6.61 Å². The molecule has 1 aromatic carbocycles. The Balaban J connectivity index is 2.28. The summed E-state index contributed by atoms with van der Waals surface area (Å²) in [5, 5.41) is 0.955. The molecule has 0 atom stereocenters. The van der Waals surface area contributed by atoms with E-state index in [-0.39, 0.29) is 0 Å². The lowest BCUT2D eigenvalue weighted by atomic mass is 10.0. The second-order valence-electron chi connectivity index (χ2n) is 3.76. The van der Waals surface area contributed by atoms with Gasteiger partial charge in [-0.25, -0.2) is 0 Å². The normalized spacial score (nSPS) is 18.2. The number of benzene rings is 1. The molecule has 0 fully saturated rings. The van der Waals surface area contributed by atoms with E-state index >= 15 is 0 Å². The molecule has 13 heavy (non-hydrogen) atoms. The molecule has 0 radical (unpaired) electrons. The summed E-state index contributed by atoms with van der Waals surface area (Å²) >= 11 is 6.20. The Morgan fingerprint density at radius 1 is 1.15 bits per heavy atom. The summed E-state index contributed by atoms with van der Waals surface area (Å²) in [7, 11) is 0. The SMILES string of the molecule is Clc1cc2c(c3c1CCC3)OCC2. The number of ether oxygens (including phenoxy) is 1. The standard InChI is InChI=1S/C11H11ClO/c12-10-6-7-4-5-13-11(7)9-3-1-2-8(9)10/h6H,1-5H2. The molecule has 2 aliphatic rings. The zero-order valence-electron chi connectivity index (χ0n) is 7.40. The highest BCUT2D eigenvalue weighted by Crippen LogP contribution is 2.40. The molecule has 1 aliphatic heterocycles. The number of rotatable bonds is 0. The monoisotopic (exact) mass is 194 g/mol. The first-order chi connectivity index (χ1) is 6.36. The minimum absolute atomic E-state index is 0.835. The summed E-state index contributed by atoms with van der Waals surface area (Å²) in [6, 6.07) is 2.09. The van der Waals surface area contributed by atoms with Crippen LogP contribution in [0.15, 0.2) is 6.07 Å². The molecule has 0 spiro atoms. The molecule has 0 saturated carbocycles. The third-order valence-corrected chi connectivity index (χ3v) is 3.33. The smallest absolute Gasteiger partial charge is 0.126 e. The minimum Gasteiger partial charge on any atom is -0.493 e. The van der Waals surface area contributed by atoms with Gasteiger partial charge >= 0.3 is 0 Å². The Labute approximate surface area is 82.7 Å². The van der Waals surface area contributed by atoms with Gasteiger partial charge in [0.05, 0.1) is 6.61 Å². The van der Waals surface area contributed by atoms with E-state index in [1.807, 2.05) is 0 Å². The second kappa shape index (κ2) is 2.65. The van der Waals surface area contributed by atoms with Gasteiger partial charge in [0, 0.05) is 11.4 Å². The predicted octanol–water partition coefficient (Wildman–Crippen LogP) is 2.76. The molecule has 68 valence electrons. The average molecular weight is 195 g/mol. The first-order valence-electron chi connectivity index (χ1n) is 4.82. The molecule has 1 nitrogen and oxygen atoms in total. The highest BCUT2D eigenvalue weighted by molar-refractivity contribution is 6.31. The lowest BCUT2D eigenvalue weighted by Gasteiger charge is -2.08. The highest BCUT2D eigenvalue weighted by atomic mass is 35.5. The maximum Gasteiger partial charge on any atom is 0.126 e. The van der Waals surface area contributed by atoms with Crippen LogP contribution in [0.3, 0.4) is 0 Å². The average Bonchev–Trinajstić information content (AvgIpc) is 2.66. The van der Waals surface area contributed by atoms with Gasteiger partial charge in [-0.15, -0.1) is 0 Å². The van der Waals surface area contributed by atoms with Gasteiger partial charge in [0.25, 0.3) is 0 Å². The topological polar surface area (TPSA) is 9.23 Å². The fourth-order valence-corrected chi connectivity index (χ4v) is 2.73. The van der Waals surface area contributed by atoms with E-state index < -0.39 is 0 Å². The van der Waals surface area contributed by atoms with Gasteiger partial charge in [-0.2, -0.15) is 0 Å². The van der Waals surface area contributed by atoms with E-state index in [9.17, 15) is 0 Å². The van der Waals surface area contributed by atoms with Crippen LogP contribution < -0.4 is 4.74 Å². The summed E-state index contributed by atoms with van der Waals surface area (Å²) in [6.07, 6.45) is 4.54. The molecule has 1 heterocycles. The zero-order chi connectivity index (χ0) is 8.84. The van der Waals surface area contributed by atoms with Gasteiger partial charge in [-0.3, -0.25) is 0 Å². The Kier molecular flexibility index (Phi) is 1.57. The van der Waals surface area contributed by atoms with E-state index in [1.165, 1.54) is 23.1 Å². The van der Waals surface area contributed by atoms with E-state index in [2.05, 4.69) is 6.07 Å². The van der Waals surface area contributed by atoms with Gasteiger partial charge in [0.2, 0.25) is 0 Å². The number of halogens is 1. The van der Waals surface area contributed by atoms with E-state index in [4.69, 9.17) is 16.3 Å². The van der Waals surface area contributed by atoms with Crippen molar-refractivity contribution in [3.05, 3.63) is 27.8 Å². The van der Waals surface area contributed by atoms with Crippen LogP contribution in [0.25, 0.3) is 0 Å². The Hall–Kier alpha value is -0.690. The Morgan fingerprint density at radius 3 is 2.92 bits per heavy atom. The zero-order valence-corrected chi connectivity index (χ0v) is 8.16. The van der Waals surface area contributed by atoms with Gasteiger partial charge in [0.15, 0.2) is 0 Å². The molecule has 0 amide bonds. The van der Waals surface area contributed by atoms with Gasteiger partial charge in [-0.1, -0.05) is 11.6 Å². The van der Waals surface area contributed by atoms with Crippen molar-refractivity contribution in [2.24, 2.45) is 0 Å². The first-order valence-corrected chi connectivity index (χ1v) is 5.20. The predicted molar refractivity (Wildman–Crippen MR) is 52.7 cm³/mol. The Bertz CT molecular complexity index is 371. The molecule has 0 unspecified atom stereocenters. The molecule has 1 aromatic rings. The van der Waals surface area contributed by atoms with Crippen molar-refractivity contribution in [2.75, 3.05) is 6.61 Å². The third kappa shape index (κ3) is 1.000. The summed E-state index contributed by atoms with van der Waals surface area (Å²) in [5.74, 6) is 1.15. The minimum atomic E-state index is 0.835. The summed E-state index contributed by atoms with van der Waals surface area (Å²) < 4.78 is 5.64. The van der Waals surface area contributed by atoms with Crippen LogP contribution in [-0.2, 0) is 19.3 Å². The van der Waals surface area contributed by atoms with Crippen LogP contribution in [0.1, 0.15) is 23.1 Å². The van der Waals surface area contributed by atoms with Gasteiger partial charge < -0.3 is 4.74 Å². The number of hydrogen-bond donors (Lipinski definition) is 0. The number of hydrogen-bond acceptors (Lipinski definition) is 1. The molecular formula is C11H11ClO. The van der Waals surface area contributed by atoms with Crippen molar-refractivity contribution in [2.45, 2.75) is 25.7 Å². The van der Waals surface area contributed by atoms with Crippen LogP contribution in [0.4, 0.5) is 0 Å². The fraction of sp³-hybridized carbons (Fsp3) is 0.455. The van der Waals surface area contributed by atoms with Gasteiger partial charge in [-0.05, 0) is 42.0 Å². The van der Waals surface area contributed by atoms with Crippen molar-refractivity contribution in [3.63, 3.8) is 0 Å². The second-order valence-corrected chi connectivity index (χ2v) is 4.16. The molecule has 0 aromatic heterocycles. The Morgan fingerprint density at radius 2 is 2.00 bits per heavy atom. The maximum atomic E-state index is 6.20.